The SMILES string of the molecule is Cc1ccc(S(=O)(=O)N[C@@H](CCC[N+](=O)[O-])C(=O)O)cc1. The molecule has 0 aliphatic rings. The summed E-state index contributed by atoms with van der Waals surface area (Å²) >= 11 is 0. The zero-order valence-electron chi connectivity index (χ0n) is 11.4. The molecule has 0 heterocycles. The highest BCUT2D eigenvalue weighted by Crippen LogP contribution is 2.12. The molecular weight excluding hydrogens is 300 g/mol. The van der Waals surface area contributed by atoms with Crippen LogP contribution in [0.1, 0.15) is 18.4 Å². The third-order valence-electron chi connectivity index (χ3n) is 2.76. The van der Waals surface area contributed by atoms with Gasteiger partial charge in [-0.15, -0.1) is 0 Å². The molecule has 1 atom stereocenters. The first-order chi connectivity index (χ1) is 9.72. The molecule has 0 aliphatic heterocycles. The van der Waals surface area contributed by atoms with Gasteiger partial charge in [-0.2, -0.15) is 4.72 Å². The lowest BCUT2D eigenvalue weighted by Crippen LogP contribution is -2.40. The number of benzene rings is 1. The number of aryl methyl sites for hydroxylation is 1. The standard InChI is InChI=1S/C12H16N2O6S/c1-9-4-6-10(7-5-9)21(19,20)13-11(12(15)16)3-2-8-14(17)18/h4-7,11,13H,2-3,8H2,1H3,(H,15,16)/t11-/m0/s1. The van der Waals surface area contributed by atoms with E-state index >= 15 is 0 Å². The summed E-state index contributed by atoms with van der Waals surface area (Å²) < 4.78 is 26.1. The first kappa shape index (κ1) is 17.1. The van der Waals surface area contributed by atoms with E-state index in [9.17, 15) is 23.3 Å². The number of sulfonamides is 1. The van der Waals surface area contributed by atoms with Crippen molar-refractivity contribution in [2.24, 2.45) is 0 Å². The topological polar surface area (TPSA) is 127 Å². The first-order valence-corrected chi connectivity index (χ1v) is 7.64. The molecule has 1 aromatic carbocycles. The maximum atomic E-state index is 12.0. The van der Waals surface area contributed by atoms with Crippen molar-refractivity contribution in [3.05, 3.63) is 39.9 Å². The molecule has 1 aromatic rings. The Balaban J connectivity index is 2.79. The number of carbonyl (C=O) groups is 1. The van der Waals surface area contributed by atoms with Crippen LogP contribution in [-0.2, 0) is 14.8 Å². The minimum atomic E-state index is -3.97. The fourth-order valence-electron chi connectivity index (χ4n) is 1.63. The van der Waals surface area contributed by atoms with Crippen LogP contribution in [0.2, 0.25) is 0 Å². The molecule has 2 N–H and O–H groups in total. The number of rotatable bonds is 8. The Bertz CT molecular complexity index is 611. The fourth-order valence-corrected chi connectivity index (χ4v) is 2.85. The summed E-state index contributed by atoms with van der Waals surface area (Å²) in [5.41, 5.74) is 0.870. The fraction of sp³-hybridized carbons (Fsp3) is 0.417. The highest BCUT2D eigenvalue weighted by Gasteiger charge is 2.25. The summed E-state index contributed by atoms with van der Waals surface area (Å²) in [6.45, 7) is 1.39. The van der Waals surface area contributed by atoms with Crippen molar-refractivity contribution in [1.82, 2.24) is 4.72 Å². The van der Waals surface area contributed by atoms with Gasteiger partial charge in [0, 0.05) is 11.3 Å². The molecule has 8 nitrogen and oxygen atoms in total. The quantitative estimate of drug-likeness (QED) is 0.539. The second kappa shape index (κ2) is 7.14. The molecule has 1 rings (SSSR count). The molecule has 0 fully saturated rings. The molecular formula is C12H16N2O6S. The highest BCUT2D eigenvalue weighted by atomic mass is 32.2. The Morgan fingerprint density at radius 1 is 1.38 bits per heavy atom. The van der Waals surface area contributed by atoms with E-state index in [2.05, 4.69) is 4.72 Å². The normalized spacial score (nSPS) is 12.8. The summed E-state index contributed by atoms with van der Waals surface area (Å²) in [6.07, 6.45) is -0.179. The lowest BCUT2D eigenvalue weighted by atomic mass is 10.2. The summed E-state index contributed by atoms with van der Waals surface area (Å²) in [7, 11) is -3.97. The molecule has 0 saturated carbocycles. The van der Waals surface area contributed by atoms with E-state index in [0.29, 0.717) is 0 Å². The zero-order chi connectivity index (χ0) is 16.0. The Hall–Kier alpha value is -2.00. The summed E-state index contributed by atoms with van der Waals surface area (Å²) in [6, 6.07) is 4.53. The van der Waals surface area contributed by atoms with Gasteiger partial charge in [0.1, 0.15) is 6.04 Å². The second-order valence-electron chi connectivity index (χ2n) is 4.52. The second-order valence-corrected chi connectivity index (χ2v) is 6.24. The largest absolute Gasteiger partial charge is 0.480 e. The predicted molar refractivity (Wildman–Crippen MR) is 74.0 cm³/mol. The molecule has 0 bridgehead atoms. The average molecular weight is 316 g/mol. The lowest BCUT2D eigenvalue weighted by molar-refractivity contribution is -0.480. The van der Waals surface area contributed by atoms with Gasteiger partial charge in [0.05, 0.1) is 4.90 Å². The van der Waals surface area contributed by atoms with Gasteiger partial charge in [0.2, 0.25) is 16.6 Å². The van der Waals surface area contributed by atoms with E-state index in [1.54, 1.807) is 19.1 Å². The van der Waals surface area contributed by atoms with E-state index in [-0.39, 0.29) is 17.7 Å². The summed E-state index contributed by atoms with van der Waals surface area (Å²) in [5.74, 6) is -1.37. The molecule has 0 radical (unpaired) electrons. The van der Waals surface area contributed by atoms with E-state index in [4.69, 9.17) is 5.11 Å². The predicted octanol–water partition coefficient (Wildman–Crippen LogP) is 0.783. The van der Waals surface area contributed by atoms with Crippen LogP contribution in [0.4, 0.5) is 0 Å². The van der Waals surface area contributed by atoms with Crippen LogP contribution in [0, 0.1) is 17.0 Å². The van der Waals surface area contributed by atoms with Crippen LogP contribution in [0.5, 0.6) is 0 Å². The van der Waals surface area contributed by atoms with Crippen molar-refractivity contribution in [2.45, 2.75) is 30.7 Å². The number of nitrogens with zero attached hydrogens (tertiary/aromatic N) is 1. The van der Waals surface area contributed by atoms with E-state index in [0.717, 1.165) is 5.56 Å². The highest BCUT2D eigenvalue weighted by molar-refractivity contribution is 7.89. The number of nitro groups is 1. The number of carboxylic acids is 1. The maximum Gasteiger partial charge on any atom is 0.321 e. The van der Waals surface area contributed by atoms with Crippen LogP contribution in [-0.4, -0.2) is 37.0 Å². The molecule has 116 valence electrons. The minimum Gasteiger partial charge on any atom is -0.480 e. The minimum absolute atomic E-state index is 0.0274. The Morgan fingerprint density at radius 3 is 2.43 bits per heavy atom. The maximum absolute atomic E-state index is 12.0. The Labute approximate surface area is 122 Å². The molecule has 0 saturated heterocycles. The molecule has 0 aromatic heterocycles. The van der Waals surface area contributed by atoms with E-state index in [1.165, 1.54) is 12.1 Å². The molecule has 9 heteroatoms. The van der Waals surface area contributed by atoms with E-state index in [1.807, 2.05) is 0 Å². The van der Waals surface area contributed by atoms with Crippen LogP contribution >= 0.6 is 0 Å². The summed E-state index contributed by atoms with van der Waals surface area (Å²) in [5, 5.41) is 19.2. The van der Waals surface area contributed by atoms with Crippen molar-refractivity contribution in [3.63, 3.8) is 0 Å². The Morgan fingerprint density at radius 2 is 1.95 bits per heavy atom. The van der Waals surface area contributed by atoms with E-state index < -0.39 is 33.5 Å². The van der Waals surface area contributed by atoms with Gasteiger partial charge >= 0.3 is 5.97 Å². The summed E-state index contributed by atoms with van der Waals surface area (Å²) in [4.78, 5) is 20.6. The van der Waals surface area contributed by atoms with Crippen molar-refractivity contribution in [2.75, 3.05) is 6.54 Å². The van der Waals surface area contributed by atoms with Gasteiger partial charge in [-0.1, -0.05) is 17.7 Å². The van der Waals surface area contributed by atoms with Crippen LogP contribution < -0.4 is 4.72 Å². The molecule has 0 spiro atoms. The molecule has 0 amide bonds. The number of hydrogen-bond donors (Lipinski definition) is 2. The zero-order valence-corrected chi connectivity index (χ0v) is 12.2. The molecule has 21 heavy (non-hydrogen) atoms. The van der Waals surface area contributed by atoms with Crippen molar-refractivity contribution >= 4 is 16.0 Å². The van der Waals surface area contributed by atoms with Crippen LogP contribution in [0.25, 0.3) is 0 Å². The first-order valence-electron chi connectivity index (χ1n) is 6.16. The Kier molecular flexibility index (Phi) is 5.79. The number of nitrogens with one attached hydrogen (secondary N) is 1. The monoisotopic (exact) mass is 316 g/mol. The van der Waals surface area contributed by atoms with Crippen molar-refractivity contribution in [3.8, 4) is 0 Å². The van der Waals surface area contributed by atoms with Gasteiger partial charge in [0.15, 0.2) is 0 Å². The number of aliphatic carboxylic acids is 1. The number of hydrogen-bond acceptors (Lipinski definition) is 5. The van der Waals surface area contributed by atoms with Gasteiger partial charge in [-0.3, -0.25) is 14.9 Å². The van der Waals surface area contributed by atoms with Gasteiger partial charge in [-0.05, 0) is 25.5 Å². The molecule has 0 unspecified atom stereocenters. The average Bonchev–Trinajstić information content (AvgIpc) is 2.37. The third kappa shape index (κ3) is 5.48. The van der Waals surface area contributed by atoms with Crippen LogP contribution in [0.3, 0.4) is 0 Å². The smallest absolute Gasteiger partial charge is 0.321 e. The van der Waals surface area contributed by atoms with Crippen LogP contribution in [0.15, 0.2) is 29.2 Å². The molecule has 0 aliphatic carbocycles. The van der Waals surface area contributed by atoms with Gasteiger partial charge in [-0.25, -0.2) is 8.42 Å². The third-order valence-corrected chi connectivity index (χ3v) is 4.25. The lowest BCUT2D eigenvalue weighted by Gasteiger charge is -2.14. The van der Waals surface area contributed by atoms with Gasteiger partial charge in [0.25, 0.3) is 0 Å². The van der Waals surface area contributed by atoms with Gasteiger partial charge < -0.3 is 5.11 Å². The number of carboxylic acid groups (broad SMARTS) is 1. The van der Waals surface area contributed by atoms with Crippen molar-refractivity contribution < 1.29 is 23.2 Å². The van der Waals surface area contributed by atoms with Crippen molar-refractivity contribution in [1.29, 1.82) is 0 Å².